The van der Waals surface area contributed by atoms with Crippen LogP contribution < -0.4 is 0 Å². The molecule has 0 saturated heterocycles. The number of aryl methyl sites for hydroxylation is 2. The number of esters is 1. The number of hydrogen-bond acceptors (Lipinski definition) is 3. The lowest BCUT2D eigenvalue weighted by atomic mass is 10.2. The zero-order chi connectivity index (χ0) is 12.4. The molecule has 90 valence electrons. The third kappa shape index (κ3) is 2.02. The van der Waals surface area contributed by atoms with Crippen molar-refractivity contribution in [2.45, 2.75) is 27.2 Å². The number of pyridine rings is 1. The number of fused-ring (bicyclic) bond motifs is 1. The van der Waals surface area contributed by atoms with Crippen LogP contribution in [0.15, 0.2) is 18.3 Å². The first kappa shape index (κ1) is 11.6. The standard InChI is InChI=1S/C13H16N2O2/c1-4-10-12(13(16)17-5-2)15-7-6-9(3)8-11(15)14-10/h6-8H,4-5H2,1-3H3. The number of carbonyl (C=O) groups excluding carboxylic acids is 1. The SMILES string of the molecule is CCOC(=O)c1c(CC)nc2cc(C)ccn12. The average molecular weight is 232 g/mol. The number of imidazole rings is 1. The third-order valence-electron chi connectivity index (χ3n) is 2.66. The van der Waals surface area contributed by atoms with Crippen molar-refractivity contribution in [1.29, 1.82) is 0 Å². The first-order valence-electron chi connectivity index (χ1n) is 5.82. The number of carbonyl (C=O) groups is 1. The zero-order valence-corrected chi connectivity index (χ0v) is 10.4. The predicted molar refractivity (Wildman–Crippen MR) is 65.3 cm³/mol. The second-order valence-electron chi connectivity index (χ2n) is 3.91. The van der Waals surface area contributed by atoms with Crippen LogP contribution in [-0.4, -0.2) is 22.0 Å². The Morgan fingerprint density at radius 2 is 2.24 bits per heavy atom. The van der Waals surface area contributed by atoms with E-state index in [1.54, 1.807) is 11.3 Å². The summed E-state index contributed by atoms with van der Waals surface area (Å²) in [5.74, 6) is -0.305. The van der Waals surface area contributed by atoms with Gasteiger partial charge in [0.05, 0.1) is 12.3 Å². The van der Waals surface area contributed by atoms with Gasteiger partial charge >= 0.3 is 5.97 Å². The van der Waals surface area contributed by atoms with Gasteiger partial charge in [0, 0.05) is 6.20 Å². The largest absolute Gasteiger partial charge is 0.461 e. The molecule has 0 unspecified atom stereocenters. The van der Waals surface area contributed by atoms with Crippen molar-refractivity contribution < 1.29 is 9.53 Å². The van der Waals surface area contributed by atoms with Crippen LogP contribution in [0.3, 0.4) is 0 Å². The molecule has 0 aliphatic heterocycles. The van der Waals surface area contributed by atoms with E-state index in [-0.39, 0.29) is 5.97 Å². The molecule has 0 aliphatic rings. The van der Waals surface area contributed by atoms with Gasteiger partial charge in [0.2, 0.25) is 0 Å². The fourth-order valence-corrected chi connectivity index (χ4v) is 1.86. The maximum absolute atomic E-state index is 11.9. The molecule has 17 heavy (non-hydrogen) atoms. The van der Waals surface area contributed by atoms with E-state index in [4.69, 9.17) is 4.74 Å². The van der Waals surface area contributed by atoms with Crippen molar-refractivity contribution in [3.05, 3.63) is 35.3 Å². The molecule has 2 heterocycles. The molecule has 4 heteroatoms. The van der Waals surface area contributed by atoms with Crippen molar-refractivity contribution in [3.8, 4) is 0 Å². The Labute approximate surface area is 100 Å². The van der Waals surface area contributed by atoms with Gasteiger partial charge in [-0.15, -0.1) is 0 Å². The van der Waals surface area contributed by atoms with Gasteiger partial charge in [-0.1, -0.05) is 6.92 Å². The second kappa shape index (κ2) is 4.57. The molecule has 0 saturated carbocycles. The lowest BCUT2D eigenvalue weighted by Crippen LogP contribution is -2.10. The summed E-state index contributed by atoms with van der Waals surface area (Å²) < 4.78 is 6.86. The molecular weight excluding hydrogens is 216 g/mol. The Balaban J connectivity index is 2.62. The first-order chi connectivity index (χ1) is 8.17. The van der Waals surface area contributed by atoms with Gasteiger partial charge in [0.25, 0.3) is 0 Å². The van der Waals surface area contributed by atoms with Crippen LogP contribution in [0.25, 0.3) is 5.65 Å². The van der Waals surface area contributed by atoms with E-state index >= 15 is 0 Å². The summed E-state index contributed by atoms with van der Waals surface area (Å²) in [6, 6.07) is 3.92. The van der Waals surface area contributed by atoms with Crippen molar-refractivity contribution >= 4 is 11.6 Å². The van der Waals surface area contributed by atoms with E-state index in [2.05, 4.69) is 4.98 Å². The number of nitrogens with zero attached hydrogens (tertiary/aromatic N) is 2. The Kier molecular flexibility index (Phi) is 3.13. The first-order valence-corrected chi connectivity index (χ1v) is 5.82. The summed E-state index contributed by atoms with van der Waals surface area (Å²) in [6.07, 6.45) is 2.58. The Morgan fingerprint density at radius 1 is 1.47 bits per heavy atom. The molecule has 0 spiro atoms. The van der Waals surface area contributed by atoms with E-state index in [1.807, 2.05) is 32.2 Å². The van der Waals surface area contributed by atoms with Gasteiger partial charge in [-0.05, 0) is 38.0 Å². The van der Waals surface area contributed by atoms with Crippen molar-refractivity contribution in [2.75, 3.05) is 6.61 Å². The highest BCUT2D eigenvalue weighted by molar-refractivity contribution is 5.90. The maximum atomic E-state index is 11.9. The predicted octanol–water partition coefficient (Wildman–Crippen LogP) is 2.38. The highest BCUT2D eigenvalue weighted by atomic mass is 16.5. The molecule has 0 aromatic carbocycles. The van der Waals surface area contributed by atoms with Crippen LogP contribution >= 0.6 is 0 Å². The normalized spacial score (nSPS) is 10.8. The summed E-state index contributed by atoms with van der Waals surface area (Å²) in [6.45, 7) is 6.17. The Hall–Kier alpha value is -1.84. The minimum absolute atomic E-state index is 0.305. The number of hydrogen-bond donors (Lipinski definition) is 0. The van der Waals surface area contributed by atoms with Gasteiger partial charge < -0.3 is 4.74 Å². The van der Waals surface area contributed by atoms with Gasteiger partial charge in [0.1, 0.15) is 5.65 Å². The molecule has 4 nitrogen and oxygen atoms in total. The molecule has 0 aliphatic carbocycles. The van der Waals surface area contributed by atoms with E-state index < -0.39 is 0 Å². The fraction of sp³-hybridized carbons (Fsp3) is 0.385. The van der Waals surface area contributed by atoms with Gasteiger partial charge in [-0.2, -0.15) is 0 Å². The van der Waals surface area contributed by atoms with Crippen LogP contribution in [0.2, 0.25) is 0 Å². The number of aromatic nitrogens is 2. The molecule has 0 fully saturated rings. The lowest BCUT2D eigenvalue weighted by molar-refractivity contribution is 0.0517. The van der Waals surface area contributed by atoms with Crippen LogP contribution in [0.1, 0.15) is 35.6 Å². The Morgan fingerprint density at radius 3 is 2.88 bits per heavy atom. The minimum Gasteiger partial charge on any atom is -0.461 e. The van der Waals surface area contributed by atoms with Crippen molar-refractivity contribution in [1.82, 2.24) is 9.38 Å². The molecule has 0 bridgehead atoms. The zero-order valence-electron chi connectivity index (χ0n) is 10.4. The van der Waals surface area contributed by atoms with Gasteiger partial charge in [-0.3, -0.25) is 4.40 Å². The lowest BCUT2D eigenvalue weighted by Gasteiger charge is -2.03. The van der Waals surface area contributed by atoms with Crippen LogP contribution in [-0.2, 0) is 11.2 Å². The quantitative estimate of drug-likeness (QED) is 0.763. The number of ether oxygens (including phenoxy) is 1. The van der Waals surface area contributed by atoms with E-state index in [0.29, 0.717) is 12.3 Å². The Bertz CT molecular complexity index is 558. The molecule has 0 atom stereocenters. The third-order valence-corrected chi connectivity index (χ3v) is 2.66. The highest BCUT2D eigenvalue weighted by Gasteiger charge is 2.18. The minimum atomic E-state index is -0.305. The van der Waals surface area contributed by atoms with E-state index in [0.717, 1.165) is 23.3 Å². The smallest absolute Gasteiger partial charge is 0.357 e. The highest BCUT2D eigenvalue weighted by Crippen LogP contribution is 2.15. The summed E-state index contributed by atoms with van der Waals surface area (Å²) in [4.78, 5) is 16.4. The number of rotatable bonds is 3. The van der Waals surface area contributed by atoms with Gasteiger partial charge in [-0.25, -0.2) is 9.78 Å². The van der Waals surface area contributed by atoms with Crippen LogP contribution in [0.4, 0.5) is 0 Å². The summed E-state index contributed by atoms with van der Waals surface area (Å²) >= 11 is 0. The van der Waals surface area contributed by atoms with Crippen molar-refractivity contribution in [3.63, 3.8) is 0 Å². The van der Waals surface area contributed by atoms with E-state index in [9.17, 15) is 4.79 Å². The molecule has 2 aromatic rings. The second-order valence-corrected chi connectivity index (χ2v) is 3.91. The molecular formula is C13H16N2O2. The average Bonchev–Trinajstić information content (AvgIpc) is 2.66. The summed E-state index contributed by atoms with van der Waals surface area (Å²) in [5, 5.41) is 0. The van der Waals surface area contributed by atoms with Crippen molar-refractivity contribution in [2.24, 2.45) is 0 Å². The molecule has 0 N–H and O–H groups in total. The van der Waals surface area contributed by atoms with Gasteiger partial charge in [0.15, 0.2) is 5.69 Å². The fourth-order valence-electron chi connectivity index (χ4n) is 1.86. The van der Waals surface area contributed by atoms with Crippen LogP contribution in [0, 0.1) is 6.92 Å². The molecule has 2 aromatic heterocycles. The monoisotopic (exact) mass is 232 g/mol. The summed E-state index contributed by atoms with van der Waals surface area (Å²) in [7, 11) is 0. The molecule has 0 amide bonds. The molecule has 0 radical (unpaired) electrons. The molecule has 2 rings (SSSR count). The summed E-state index contributed by atoms with van der Waals surface area (Å²) in [5.41, 5.74) is 3.25. The maximum Gasteiger partial charge on any atom is 0.357 e. The van der Waals surface area contributed by atoms with E-state index in [1.165, 1.54) is 0 Å². The topological polar surface area (TPSA) is 43.6 Å². The van der Waals surface area contributed by atoms with Crippen LogP contribution in [0.5, 0.6) is 0 Å².